The van der Waals surface area contributed by atoms with Crippen LogP contribution in [0.25, 0.3) is 0 Å². The van der Waals surface area contributed by atoms with Gasteiger partial charge in [0.1, 0.15) is 0 Å². The highest BCUT2D eigenvalue weighted by molar-refractivity contribution is 5.78. The predicted molar refractivity (Wildman–Crippen MR) is 75.9 cm³/mol. The van der Waals surface area contributed by atoms with Crippen LogP contribution in [-0.2, 0) is 4.79 Å². The maximum Gasteiger partial charge on any atom is 0.234 e. The predicted octanol–water partition coefficient (Wildman–Crippen LogP) is 1.12. The number of fused-ring (bicyclic) bond motifs is 2. The van der Waals surface area contributed by atoms with Crippen molar-refractivity contribution >= 4 is 5.91 Å². The normalized spacial score (nSPS) is 35.1. The Morgan fingerprint density at radius 1 is 1.16 bits per heavy atom. The molecule has 3 aliphatic rings. The lowest BCUT2D eigenvalue weighted by Crippen LogP contribution is -2.56. The topological polar surface area (TPSA) is 44.4 Å². The van der Waals surface area contributed by atoms with Crippen LogP contribution in [0.15, 0.2) is 0 Å². The molecule has 3 rings (SSSR count). The van der Waals surface area contributed by atoms with Crippen molar-refractivity contribution < 1.29 is 4.79 Å². The van der Waals surface area contributed by atoms with Crippen LogP contribution in [0, 0.1) is 5.92 Å². The summed E-state index contributed by atoms with van der Waals surface area (Å²) in [6.45, 7) is 1.52. The van der Waals surface area contributed by atoms with Crippen molar-refractivity contribution in [2.75, 3.05) is 20.1 Å². The third-order valence-corrected chi connectivity index (χ3v) is 5.12. The minimum Gasteiger partial charge on any atom is -0.352 e. The van der Waals surface area contributed by atoms with E-state index in [9.17, 15) is 4.79 Å². The van der Waals surface area contributed by atoms with E-state index in [1.165, 1.54) is 32.1 Å². The van der Waals surface area contributed by atoms with E-state index < -0.39 is 0 Å². The summed E-state index contributed by atoms with van der Waals surface area (Å²) in [5, 5.41) is 6.51. The van der Waals surface area contributed by atoms with Crippen molar-refractivity contribution in [3.8, 4) is 0 Å². The van der Waals surface area contributed by atoms with E-state index in [1.807, 2.05) is 0 Å². The fourth-order valence-corrected chi connectivity index (χ4v) is 3.72. The summed E-state index contributed by atoms with van der Waals surface area (Å²) in [6, 6.07) is 1.79. The molecule has 0 aromatic heterocycles. The molecule has 2 heterocycles. The van der Waals surface area contributed by atoms with Gasteiger partial charge in [-0.1, -0.05) is 6.42 Å². The lowest BCUT2D eigenvalue weighted by Gasteiger charge is -2.47. The Hall–Kier alpha value is -0.610. The zero-order valence-electron chi connectivity index (χ0n) is 12.0. The van der Waals surface area contributed by atoms with Crippen molar-refractivity contribution in [3.63, 3.8) is 0 Å². The van der Waals surface area contributed by atoms with Gasteiger partial charge >= 0.3 is 0 Å². The monoisotopic (exact) mass is 265 g/mol. The molecule has 0 aromatic rings. The summed E-state index contributed by atoms with van der Waals surface area (Å²) in [7, 11) is 2.25. The summed E-state index contributed by atoms with van der Waals surface area (Å²) >= 11 is 0. The second-order valence-corrected chi connectivity index (χ2v) is 6.71. The Balaban J connectivity index is 1.40. The fraction of sp³-hybridized carbons (Fsp3) is 0.933. The minimum atomic E-state index is 0.188. The number of nitrogens with one attached hydrogen (secondary N) is 2. The van der Waals surface area contributed by atoms with E-state index in [-0.39, 0.29) is 5.91 Å². The third kappa shape index (κ3) is 3.48. The van der Waals surface area contributed by atoms with Gasteiger partial charge in [0, 0.05) is 18.1 Å². The van der Waals surface area contributed by atoms with Crippen LogP contribution in [0.5, 0.6) is 0 Å². The highest BCUT2D eigenvalue weighted by Crippen LogP contribution is 2.32. The highest BCUT2D eigenvalue weighted by Gasteiger charge is 2.36. The molecule has 4 nitrogen and oxygen atoms in total. The molecule has 2 aliphatic heterocycles. The number of nitrogens with zero attached hydrogens (tertiary/aromatic N) is 1. The fourth-order valence-electron chi connectivity index (χ4n) is 3.72. The first-order chi connectivity index (χ1) is 9.22. The largest absolute Gasteiger partial charge is 0.352 e. The third-order valence-electron chi connectivity index (χ3n) is 5.12. The summed E-state index contributed by atoms with van der Waals surface area (Å²) in [4.78, 5) is 14.5. The van der Waals surface area contributed by atoms with Gasteiger partial charge < -0.3 is 15.5 Å². The van der Waals surface area contributed by atoms with Crippen molar-refractivity contribution in [2.45, 2.75) is 63.1 Å². The molecule has 0 aromatic carbocycles. The molecule has 2 atom stereocenters. The Morgan fingerprint density at radius 3 is 2.47 bits per heavy atom. The smallest absolute Gasteiger partial charge is 0.234 e. The first kappa shape index (κ1) is 13.4. The molecular weight excluding hydrogens is 238 g/mol. The molecule has 2 unspecified atom stereocenters. The van der Waals surface area contributed by atoms with Crippen molar-refractivity contribution in [1.82, 2.24) is 15.5 Å². The number of amides is 1. The van der Waals surface area contributed by atoms with Crippen LogP contribution in [-0.4, -0.2) is 49.1 Å². The average molecular weight is 265 g/mol. The Kier molecular flexibility index (Phi) is 4.08. The quantitative estimate of drug-likeness (QED) is 0.783. The molecule has 2 N–H and O–H groups in total. The summed E-state index contributed by atoms with van der Waals surface area (Å²) in [6.07, 6.45) is 8.94. The van der Waals surface area contributed by atoms with Gasteiger partial charge in [0.25, 0.3) is 0 Å². The first-order valence-electron chi connectivity index (χ1n) is 7.94. The Bertz CT molecular complexity index is 315. The van der Waals surface area contributed by atoms with Gasteiger partial charge in [-0.15, -0.1) is 0 Å². The average Bonchev–Trinajstić information content (AvgIpc) is 3.14. The molecule has 0 radical (unpaired) electrons. The van der Waals surface area contributed by atoms with Gasteiger partial charge in [-0.3, -0.25) is 4.79 Å². The number of hydrogen-bond donors (Lipinski definition) is 2. The van der Waals surface area contributed by atoms with E-state index in [2.05, 4.69) is 22.6 Å². The molecule has 3 fully saturated rings. The van der Waals surface area contributed by atoms with Crippen LogP contribution < -0.4 is 10.6 Å². The van der Waals surface area contributed by atoms with Crippen LogP contribution in [0.2, 0.25) is 0 Å². The van der Waals surface area contributed by atoms with E-state index in [0.29, 0.717) is 24.7 Å². The molecular formula is C15H27N3O. The molecule has 1 saturated carbocycles. The summed E-state index contributed by atoms with van der Waals surface area (Å²) in [5.41, 5.74) is 0. The summed E-state index contributed by atoms with van der Waals surface area (Å²) in [5.74, 6) is 1.03. The zero-order valence-corrected chi connectivity index (χ0v) is 12.0. The number of carbonyl (C=O) groups is 1. The molecule has 108 valence electrons. The van der Waals surface area contributed by atoms with Crippen LogP contribution in [0.4, 0.5) is 0 Å². The molecule has 2 bridgehead atoms. The number of piperidine rings is 2. The zero-order chi connectivity index (χ0) is 13.2. The summed E-state index contributed by atoms with van der Waals surface area (Å²) < 4.78 is 0. The van der Waals surface area contributed by atoms with Crippen molar-refractivity contribution in [3.05, 3.63) is 0 Å². The van der Waals surface area contributed by atoms with Crippen molar-refractivity contribution in [1.29, 1.82) is 0 Å². The van der Waals surface area contributed by atoms with E-state index in [0.717, 1.165) is 25.3 Å². The minimum absolute atomic E-state index is 0.188. The van der Waals surface area contributed by atoms with Gasteiger partial charge in [-0.25, -0.2) is 0 Å². The van der Waals surface area contributed by atoms with Crippen LogP contribution in [0.3, 0.4) is 0 Å². The highest BCUT2D eigenvalue weighted by atomic mass is 16.2. The molecule has 2 saturated heterocycles. The van der Waals surface area contributed by atoms with Crippen LogP contribution >= 0.6 is 0 Å². The Morgan fingerprint density at radius 2 is 1.84 bits per heavy atom. The van der Waals surface area contributed by atoms with Crippen molar-refractivity contribution in [2.24, 2.45) is 5.92 Å². The SMILES string of the molecule is CN1C2CCCC1CC(NC(=O)CNCC1CC1)C2. The van der Waals surface area contributed by atoms with Gasteiger partial charge in [0.2, 0.25) is 5.91 Å². The van der Waals surface area contributed by atoms with E-state index >= 15 is 0 Å². The van der Waals surface area contributed by atoms with Gasteiger partial charge in [0.05, 0.1) is 6.54 Å². The number of rotatable bonds is 5. The second-order valence-electron chi connectivity index (χ2n) is 6.71. The molecule has 19 heavy (non-hydrogen) atoms. The van der Waals surface area contributed by atoms with Crippen LogP contribution in [0.1, 0.15) is 44.9 Å². The number of carbonyl (C=O) groups excluding carboxylic acids is 1. The molecule has 1 amide bonds. The Labute approximate surface area is 116 Å². The van der Waals surface area contributed by atoms with Gasteiger partial charge in [-0.2, -0.15) is 0 Å². The molecule has 4 heteroatoms. The van der Waals surface area contributed by atoms with E-state index in [1.54, 1.807) is 0 Å². The number of hydrogen-bond acceptors (Lipinski definition) is 3. The van der Waals surface area contributed by atoms with Gasteiger partial charge in [-0.05, 0) is 58.0 Å². The molecule has 1 aliphatic carbocycles. The second kappa shape index (κ2) is 5.80. The maximum atomic E-state index is 11.9. The van der Waals surface area contributed by atoms with E-state index in [4.69, 9.17) is 0 Å². The lowest BCUT2D eigenvalue weighted by molar-refractivity contribution is -0.121. The standard InChI is InChI=1S/C15H27N3O/c1-18-13-3-2-4-14(18)8-12(7-13)17-15(19)10-16-9-11-5-6-11/h11-14,16H,2-10H2,1H3,(H,17,19). The molecule has 0 spiro atoms. The lowest BCUT2D eigenvalue weighted by atomic mass is 9.82. The first-order valence-corrected chi connectivity index (χ1v) is 7.94. The maximum absolute atomic E-state index is 11.9. The van der Waals surface area contributed by atoms with Gasteiger partial charge in [0.15, 0.2) is 0 Å².